The van der Waals surface area contributed by atoms with Crippen LogP contribution in [0.15, 0.2) is 22.8 Å². The minimum atomic E-state index is -0.953. The van der Waals surface area contributed by atoms with Gasteiger partial charge < -0.3 is 20.1 Å². The fourth-order valence-corrected chi connectivity index (χ4v) is 9.79. The molecule has 4 aliphatic carbocycles. The van der Waals surface area contributed by atoms with Crippen molar-refractivity contribution >= 4 is 11.9 Å². The summed E-state index contributed by atoms with van der Waals surface area (Å²) in [6.07, 6.45) is 6.22. The number of carbonyl (C=O) groups is 2. The fraction of sp³-hybridized carbons (Fsp3) is 0.806. The van der Waals surface area contributed by atoms with E-state index >= 15 is 0 Å². The SMILES string of the molecule is CC(=O)O[C@H]1C[C@@]2(C)C(C[C@@H](O)[C@H]3[C@@]4(C)CC[C@@H](O)[C@@H](C)[C@@H]4CC[C@@]32C)/C1=C(\CCC=C(C)C)C(=O)O. The number of rotatable bonds is 5. The first-order valence-corrected chi connectivity index (χ1v) is 14.3. The standard InChI is InChI=1S/C31H48O6/c1-17(2)9-8-10-20(28(35)36)26-22-15-24(34)27-29(5)13-12-23(33)18(3)21(29)11-14-30(27,6)31(22,7)16-25(26)37-19(4)32/h9,18,21-25,27,33-34H,8,10-16H2,1-7H3,(H,35,36)/b26-20-/t18-,21-,22?,23+,24+,25-,27-,29-,30-,31-/m0/s1. The Morgan fingerprint density at radius 2 is 1.70 bits per heavy atom. The van der Waals surface area contributed by atoms with E-state index in [2.05, 4.69) is 27.7 Å². The highest BCUT2D eigenvalue weighted by molar-refractivity contribution is 5.88. The van der Waals surface area contributed by atoms with Crippen molar-refractivity contribution < 1.29 is 29.6 Å². The summed E-state index contributed by atoms with van der Waals surface area (Å²) in [5, 5.41) is 32.9. The molecule has 0 bridgehead atoms. The molecular formula is C31H48O6. The molecule has 0 aromatic rings. The molecule has 4 aliphatic rings. The number of ether oxygens (including phenoxy) is 1. The summed E-state index contributed by atoms with van der Waals surface area (Å²) in [4.78, 5) is 24.8. The van der Waals surface area contributed by atoms with Gasteiger partial charge in [0, 0.05) is 12.5 Å². The van der Waals surface area contributed by atoms with E-state index in [1.807, 2.05) is 19.9 Å². The zero-order valence-electron chi connectivity index (χ0n) is 23.8. The predicted octanol–water partition coefficient (Wildman–Crippen LogP) is 5.67. The summed E-state index contributed by atoms with van der Waals surface area (Å²) in [5.74, 6) is -0.909. The van der Waals surface area contributed by atoms with E-state index in [1.165, 1.54) is 6.92 Å². The van der Waals surface area contributed by atoms with Crippen molar-refractivity contribution in [3.05, 3.63) is 22.8 Å². The highest BCUT2D eigenvalue weighted by Crippen LogP contribution is 2.74. The van der Waals surface area contributed by atoms with E-state index in [0.29, 0.717) is 37.2 Å². The Balaban J connectivity index is 1.82. The Morgan fingerprint density at radius 3 is 2.30 bits per heavy atom. The summed E-state index contributed by atoms with van der Waals surface area (Å²) >= 11 is 0. The van der Waals surface area contributed by atoms with Crippen molar-refractivity contribution in [3.63, 3.8) is 0 Å². The number of aliphatic hydroxyl groups is 2. The van der Waals surface area contributed by atoms with E-state index in [1.54, 1.807) is 0 Å². The number of allylic oxidation sites excluding steroid dienone is 2. The Bertz CT molecular complexity index is 994. The van der Waals surface area contributed by atoms with Crippen LogP contribution in [0, 0.1) is 39.9 Å². The largest absolute Gasteiger partial charge is 0.478 e. The second kappa shape index (κ2) is 9.82. The van der Waals surface area contributed by atoms with Gasteiger partial charge in [0.05, 0.1) is 12.2 Å². The van der Waals surface area contributed by atoms with Crippen molar-refractivity contribution in [2.24, 2.45) is 39.9 Å². The maximum Gasteiger partial charge on any atom is 0.331 e. The number of esters is 1. The van der Waals surface area contributed by atoms with Gasteiger partial charge in [-0.15, -0.1) is 0 Å². The molecule has 4 fully saturated rings. The van der Waals surface area contributed by atoms with Gasteiger partial charge in [-0.3, -0.25) is 4.79 Å². The van der Waals surface area contributed by atoms with Gasteiger partial charge in [0.15, 0.2) is 0 Å². The molecule has 4 saturated carbocycles. The molecule has 0 radical (unpaired) electrons. The first kappa shape index (κ1) is 28.4. The predicted molar refractivity (Wildman–Crippen MR) is 143 cm³/mol. The van der Waals surface area contributed by atoms with E-state index in [0.717, 1.165) is 36.8 Å². The van der Waals surface area contributed by atoms with Crippen LogP contribution in [-0.2, 0) is 14.3 Å². The summed E-state index contributed by atoms with van der Waals surface area (Å²) in [7, 11) is 0. The van der Waals surface area contributed by atoms with Crippen molar-refractivity contribution in [2.45, 2.75) is 118 Å². The first-order valence-electron chi connectivity index (χ1n) is 14.3. The molecule has 6 heteroatoms. The molecule has 208 valence electrons. The van der Waals surface area contributed by atoms with E-state index in [-0.39, 0.29) is 40.1 Å². The maximum absolute atomic E-state index is 12.6. The van der Waals surface area contributed by atoms with Crippen LogP contribution in [0.2, 0.25) is 0 Å². The van der Waals surface area contributed by atoms with Gasteiger partial charge >= 0.3 is 11.9 Å². The van der Waals surface area contributed by atoms with Crippen molar-refractivity contribution in [1.29, 1.82) is 0 Å². The average molecular weight is 517 g/mol. The van der Waals surface area contributed by atoms with Crippen LogP contribution in [0.3, 0.4) is 0 Å². The number of carbonyl (C=O) groups excluding carboxylic acids is 1. The van der Waals surface area contributed by atoms with Gasteiger partial charge in [-0.2, -0.15) is 0 Å². The lowest BCUT2D eigenvalue weighted by Crippen LogP contribution is -2.65. The smallest absolute Gasteiger partial charge is 0.331 e. The van der Waals surface area contributed by atoms with Crippen molar-refractivity contribution in [3.8, 4) is 0 Å². The molecule has 0 saturated heterocycles. The number of carboxylic acids is 1. The van der Waals surface area contributed by atoms with Gasteiger partial charge in [0.1, 0.15) is 6.10 Å². The van der Waals surface area contributed by atoms with Crippen LogP contribution >= 0.6 is 0 Å². The Labute approximate surface area is 222 Å². The monoisotopic (exact) mass is 516 g/mol. The molecule has 6 nitrogen and oxygen atoms in total. The second-order valence-corrected chi connectivity index (χ2v) is 13.6. The van der Waals surface area contributed by atoms with Crippen LogP contribution in [0.25, 0.3) is 0 Å². The third-order valence-electron chi connectivity index (χ3n) is 11.6. The van der Waals surface area contributed by atoms with Gasteiger partial charge in [-0.05, 0) is 111 Å². The number of fused-ring (bicyclic) bond motifs is 5. The summed E-state index contributed by atoms with van der Waals surface area (Å²) < 4.78 is 5.87. The highest BCUT2D eigenvalue weighted by Gasteiger charge is 2.70. The van der Waals surface area contributed by atoms with E-state index in [4.69, 9.17) is 4.74 Å². The fourth-order valence-electron chi connectivity index (χ4n) is 9.79. The summed E-state index contributed by atoms with van der Waals surface area (Å²) in [6, 6.07) is 0. The summed E-state index contributed by atoms with van der Waals surface area (Å²) in [5.41, 5.74) is 1.57. The molecule has 0 heterocycles. The van der Waals surface area contributed by atoms with Crippen LogP contribution in [0.1, 0.15) is 99.8 Å². The first-order chi connectivity index (χ1) is 17.2. The van der Waals surface area contributed by atoms with Gasteiger partial charge in [-0.1, -0.05) is 39.3 Å². The molecule has 37 heavy (non-hydrogen) atoms. The van der Waals surface area contributed by atoms with Gasteiger partial charge in [0.2, 0.25) is 0 Å². The zero-order valence-corrected chi connectivity index (χ0v) is 23.8. The van der Waals surface area contributed by atoms with Crippen LogP contribution < -0.4 is 0 Å². The van der Waals surface area contributed by atoms with Gasteiger partial charge in [0.25, 0.3) is 0 Å². The summed E-state index contributed by atoms with van der Waals surface area (Å²) in [6.45, 7) is 14.5. The number of aliphatic hydroxyl groups excluding tert-OH is 2. The van der Waals surface area contributed by atoms with Crippen LogP contribution in [-0.4, -0.2) is 45.6 Å². The Hall–Kier alpha value is -1.66. The van der Waals surface area contributed by atoms with E-state index in [9.17, 15) is 24.9 Å². The normalized spacial score (nSPS) is 46.2. The third kappa shape index (κ3) is 4.40. The minimum Gasteiger partial charge on any atom is -0.478 e. The van der Waals surface area contributed by atoms with Gasteiger partial charge in [-0.25, -0.2) is 4.79 Å². The lowest BCUT2D eigenvalue weighted by Gasteiger charge is -2.69. The quantitative estimate of drug-likeness (QED) is 0.247. The lowest BCUT2D eigenvalue weighted by molar-refractivity contribution is -0.234. The second-order valence-electron chi connectivity index (χ2n) is 13.6. The molecule has 0 aromatic heterocycles. The highest BCUT2D eigenvalue weighted by atomic mass is 16.5. The molecule has 10 atom stereocenters. The molecule has 0 aliphatic heterocycles. The molecular weight excluding hydrogens is 468 g/mol. The molecule has 3 N–H and O–H groups in total. The Morgan fingerprint density at radius 1 is 1.03 bits per heavy atom. The van der Waals surface area contributed by atoms with Crippen molar-refractivity contribution in [2.75, 3.05) is 0 Å². The van der Waals surface area contributed by atoms with E-state index < -0.39 is 24.1 Å². The molecule has 0 aromatic carbocycles. The number of aliphatic carboxylic acids is 1. The Kier molecular flexibility index (Phi) is 7.53. The third-order valence-corrected chi connectivity index (χ3v) is 11.6. The number of hydrogen-bond donors (Lipinski definition) is 3. The zero-order chi connectivity index (χ0) is 27.5. The number of carboxylic acid groups (broad SMARTS) is 1. The molecule has 4 rings (SSSR count). The maximum atomic E-state index is 12.6. The van der Waals surface area contributed by atoms with Crippen LogP contribution in [0.5, 0.6) is 0 Å². The topological polar surface area (TPSA) is 104 Å². The molecule has 0 spiro atoms. The lowest BCUT2D eigenvalue weighted by atomic mass is 9.36. The minimum absolute atomic E-state index is 0.0474. The van der Waals surface area contributed by atoms with Crippen molar-refractivity contribution in [1.82, 2.24) is 0 Å². The van der Waals surface area contributed by atoms with Crippen LogP contribution in [0.4, 0.5) is 0 Å². The number of hydrogen-bond acceptors (Lipinski definition) is 5. The molecule has 1 unspecified atom stereocenters. The molecule has 0 amide bonds. The average Bonchev–Trinajstić information content (AvgIpc) is 3.05.